The van der Waals surface area contributed by atoms with E-state index in [1.807, 2.05) is 0 Å². The Balaban J connectivity index is 1.75. The molecule has 2 N–H and O–H groups in total. The van der Waals surface area contributed by atoms with Gasteiger partial charge in [-0.1, -0.05) is 24.4 Å². The lowest BCUT2D eigenvalue weighted by Gasteiger charge is -2.31. The molecule has 2 heterocycles. The summed E-state index contributed by atoms with van der Waals surface area (Å²) in [6.45, 7) is 0. The van der Waals surface area contributed by atoms with E-state index in [0.717, 1.165) is 12.8 Å². The first-order valence-electron chi connectivity index (χ1n) is 6.63. The Morgan fingerprint density at radius 3 is 2.84 bits per heavy atom. The molecule has 3 rings (SSSR count). The summed E-state index contributed by atoms with van der Waals surface area (Å²) in [5.41, 5.74) is 6.87. The zero-order valence-electron chi connectivity index (χ0n) is 10.7. The highest BCUT2D eigenvalue weighted by atomic mass is 16.5. The maximum absolute atomic E-state index is 6.39. The summed E-state index contributed by atoms with van der Waals surface area (Å²) in [6.07, 6.45) is 9.46. The van der Waals surface area contributed by atoms with Crippen LogP contribution in [0.1, 0.15) is 38.0 Å². The van der Waals surface area contributed by atoms with Gasteiger partial charge in [-0.05, 0) is 18.9 Å². The molecule has 0 aromatic carbocycles. The predicted octanol–water partition coefficient (Wildman–Crippen LogP) is 1.73. The molecule has 0 amide bonds. The Morgan fingerprint density at radius 2 is 2.11 bits per heavy atom. The van der Waals surface area contributed by atoms with Gasteiger partial charge in [0.1, 0.15) is 12.0 Å². The van der Waals surface area contributed by atoms with Gasteiger partial charge in [-0.3, -0.25) is 0 Å². The van der Waals surface area contributed by atoms with Gasteiger partial charge < -0.3 is 10.3 Å². The van der Waals surface area contributed by atoms with Crippen molar-refractivity contribution in [3.63, 3.8) is 0 Å². The minimum Gasteiger partial charge on any atom is -0.339 e. The quantitative estimate of drug-likeness (QED) is 0.902. The maximum atomic E-state index is 6.39. The summed E-state index contributed by atoms with van der Waals surface area (Å²) in [5, 5.41) is 3.95. The molecule has 0 saturated heterocycles. The van der Waals surface area contributed by atoms with E-state index >= 15 is 0 Å². The maximum Gasteiger partial charge on any atom is 0.228 e. The second-order valence-electron chi connectivity index (χ2n) is 5.21. The third-order valence-electron chi connectivity index (χ3n) is 3.63. The van der Waals surface area contributed by atoms with E-state index in [1.54, 1.807) is 12.3 Å². The zero-order chi connectivity index (χ0) is 13.1. The number of nitrogens with two attached hydrogens (primary N) is 1. The standard InChI is InChI=1S/C13H17N5O/c14-13(5-2-1-3-6-13)8-11-17-12(18-19-11)10-4-7-15-9-16-10/h4,7,9H,1-3,5-6,8,14H2. The topological polar surface area (TPSA) is 90.7 Å². The molecule has 1 fully saturated rings. The van der Waals surface area contributed by atoms with Gasteiger partial charge in [0.05, 0.1) is 0 Å². The molecule has 0 spiro atoms. The second kappa shape index (κ2) is 5.05. The SMILES string of the molecule is NC1(Cc2nc(-c3ccncn3)no2)CCCCC1. The van der Waals surface area contributed by atoms with Gasteiger partial charge in [-0.25, -0.2) is 9.97 Å². The van der Waals surface area contributed by atoms with E-state index in [2.05, 4.69) is 20.1 Å². The van der Waals surface area contributed by atoms with E-state index < -0.39 is 0 Å². The van der Waals surface area contributed by atoms with Gasteiger partial charge in [0.25, 0.3) is 0 Å². The molecular weight excluding hydrogens is 242 g/mol. The smallest absolute Gasteiger partial charge is 0.228 e. The van der Waals surface area contributed by atoms with Crippen LogP contribution in [0.25, 0.3) is 11.5 Å². The van der Waals surface area contributed by atoms with Crippen LogP contribution in [0.5, 0.6) is 0 Å². The molecule has 6 nitrogen and oxygen atoms in total. The first-order chi connectivity index (χ1) is 9.25. The lowest BCUT2D eigenvalue weighted by Crippen LogP contribution is -2.43. The molecule has 0 unspecified atom stereocenters. The van der Waals surface area contributed by atoms with Crippen LogP contribution in [0.3, 0.4) is 0 Å². The van der Waals surface area contributed by atoms with Crippen molar-refractivity contribution in [3.8, 4) is 11.5 Å². The van der Waals surface area contributed by atoms with E-state index in [-0.39, 0.29) is 5.54 Å². The van der Waals surface area contributed by atoms with Crippen molar-refractivity contribution in [2.45, 2.75) is 44.1 Å². The zero-order valence-corrected chi connectivity index (χ0v) is 10.7. The molecule has 100 valence electrons. The molecule has 2 aromatic rings. The van der Waals surface area contributed by atoms with Gasteiger partial charge in [-0.15, -0.1) is 0 Å². The lowest BCUT2D eigenvalue weighted by atomic mass is 9.80. The van der Waals surface area contributed by atoms with E-state index in [4.69, 9.17) is 10.3 Å². The summed E-state index contributed by atoms with van der Waals surface area (Å²) in [7, 11) is 0. The first kappa shape index (κ1) is 12.2. The number of hydrogen-bond donors (Lipinski definition) is 1. The molecule has 19 heavy (non-hydrogen) atoms. The van der Waals surface area contributed by atoms with Crippen molar-refractivity contribution in [1.29, 1.82) is 0 Å². The van der Waals surface area contributed by atoms with Gasteiger partial charge in [0.2, 0.25) is 11.7 Å². The average Bonchev–Trinajstić information content (AvgIpc) is 2.88. The van der Waals surface area contributed by atoms with Crippen LogP contribution < -0.4 is 5.73 Å². The molecule has 6 heteroatoms. The normalized spacial score (nSPS) is 18.4. The van der Waals surface area contributed by atoms with Crippen molar-refractivity contribution < 1.29 is 4.52 Å². The molecule has 0 radical (unpaired) electrons. The minimum absolute atomic E-state index is 0.187. The first-order valence-corrected chi connectivity index (χ1v) is 6.63. The molecule has 1 saturated carbocycles. The van der Waals surface area contributed by atoms with Gasteiger partial charge in [0, 0.05) is 18.2 Å². The molecule has 1 aliphatic carbocycles. The van der Waals surface area contributed by atoms with Crippen molar-refractivity contribution in [2.24, 2.45) is 5.73 Å². The Hall–Kier alpha value is -1.82. The van der Waals surface area contributed by atoms with Crippen molar-refractivity contribution in [2.75, 3.05) is 0 Å². The second-order valence-corrected chi connectivity index (χ2v) is 5.21. The number of hydrogen-bond acceptors (Lipinski definition) is 6. The third kappa shape index (κ3) is 2.78. The van der Waals surface area contributed by atoms with Crippen molar-refractivity contribution in [3.05, 3.63) is 24.5 Å². The Kier molecular flexibility index (Phi) is 3.25. The molecule has 0 aliphatic heterocycles. The Morgan fingerprint density at radius 1 is 1.26 bits per heavy atom. The summed E-state index contributed by atoms with van der Waals surface area (Å²) in [6, 6.07) is 1.76. The third-order valence-corrected chi connectivity index (χ3v) is 3.63. The number of rotatable bonds is 3. The van der Waals surface area contributed by atoms with Gasteiger partial charge in [-0.2, -0.15) is 4.98 Å². The molecule has 1 aliphatic rings. The molecular formula is C13H17N5O. The van der Waals surface area contributed by atoms with Crippen LogP contribution in [0, 0.1) is 0 Å². The number of aromatic nitrogens is 4. The lowest BCUT2D eigenvalue weighted by molar-refractivity contribution is 0.261. The fraction of sp³-hybridized carbons (Fsp3) is 0.538. The van der Waals surface area contributed by atoms with Crippen molar-refractivity contribution >= 4 is 0 Å². The highest BCUT2D eigenvalue weighted by molar-refractivity contribution is 5.46. The highest BCUT2D eigenvalue weighted by Gasteiger charge is 2.30. The van der Waals surface area contributed by atoms with Gasteiger partial charge in [0.15, 0.2) is 0 Å². The fourth-order valence-corrected chi connectivity index (χ4v) is 2.59. The molecule has 0 bridgehead atoms. The Labute approximate surface area is 111 Å². The average molecular weight is 259 g/mol. The molecule has 2 aromatic heterocycles. The molecule has 0 atom stereocenters. The van der Waals surface area contributed by atoms with E-state index in [1.165, 1.54) is 25.6 Å². The minimum atomic E-state index is -0.187. The summed E-state index contributed by atoms with van der Waals surface area (Å²) in [5.74, 6) is 1.09. The fourth-order valence-electron chi connectivity index (χ4n) is 2.59. The van der Waals surface area contributed by atoms with Gasteiger partial charge >= 0.3 is 0 Å². The highest BCUT2D eigenvalue weighted by Crippen LogP contribution is 2.29. The summed E-state index contributed by atoms with van der Waals surface area (Å²) >= 11 is 0. The van der Waals surface area contributed by atoms with Crippen LogP contribution in [0.2, 0.25) is 0 Å². The van der Waals surface area contributed by atoms with Crippen LogP contribution in [-0.4, -0.2) is 25.6 Å². The predicted molar refractivity (Wildman–Crippen MR) is 69.0 cm³/mol. The van der Waals surface area contributed by atoms with Crippen LogP contribution in [0.4, 0.5) is 0 Å². The monoisotopic (exact) mass is 259 g/mol. The van der Waals surface area contributed by atoms with E-state index in [9.17, 15) is 0 Å². The Bertz CT molecular complexity index is 533. The largest absolute Gasteiger partial charge is 0.339 e. The van der Waals surface area contributed by atoms with Crippen LogP contribution >= 0.6 is 0 Å². The van der Waals surface area contributed by atoms with Crippen LogP contribution in [0.15, 0.2) is 23.1 Å². The summed E-state index contributed by atoms with van der Waals surface area (Å²) < 4.78 is 5.29. The van der Waals surface area contributed by atoms with E-state index in [0.29, 0.717) is 23.8 Å². The summed E-state index contributed by atoms with van der Waals surface area (Å²) in [4.78, 5) is 12.3. The number of nitrogens with zero attached hydrogens (tertiary/aromatic N) is 4. The van der Waals surface area contributed by atoms with Crippen LogP contribution in [-0.2, 0) is 6.42 Å². The van der Waals surface area contributed by atoms with Crippen molar-refractivity contribution in [1.82, 2.24) is 20.1 Å².